The normalized spacial score (nSPS) is 13.3. The van der Waals surface area contributed by atoms with Crippen molar-refractivity contribution in [1.29, 1.82) is 0 Å². The molecule has 0 unspecified atom stereocenters. The van der Waals surface area contributed by atoms with Crippen LogP contribution in [0.1, 0.15) is 38.4 Å². The molecule has 0 fully saturated rings. The van der Waals surface area contributed by atoms with Crippen LogP contribution in [0, 0.1) is 13.8 Å². The monoisotopic (exact) mass is 377 g/mol. The van der Waals surface area contributed by atoms with Gasteiger partial charge in [0.2, 0.25) is 5.88 Å². The number of carbonyl (C=O) groups excluding carboxylic acids is 1. The summed E-state index contributed by atoms with van der Waals surface area (Å²) in [7, 11) is 1.94. The van der Waals surface area contributed by atoms with E-state index in [0.717, 1.165) is 34.5 Å². The van der Waals surface area contributed by atoms with E-state index in [0.29, 0.717) is 25.6 Å². The van der Waals surface area contributed by atoms with Gasteiger partial charge in [-0.05, 0) is 37.1 Å². The number of benzene rings is 1. The first-order valence-corrected chi connectivity index (χ1v) is 9.32. The summed E-state index contributed by atoms with van der Waals surface area (Å²) < 4.78 is 7.62. The predicted molar refractivity (Wildman–Crippen MR) is 104 cm³/mol. The van der Waals surface area contributed by atoms with Gasteiger partial charge in [0, 0.05) is 55.8 Å². The number of amides is 1. The van der Waals surface area contributed by atoms with Crippen molar-refractivity contribution in [2.45, 2.75) is 33.4 Å². The molecule has 0 spiro atoms. The highest BCUT2D eigenvalue weighted by Crippen LogP contribution is 2.25. The number of hydrogen-bond acceptors (Lipinski definition) is 5. The number of aromatic nitrogens is 4. The van der Waals surface area contributed by atoms with Gasteiger partial charge in [-0.15, -0.1) is 0 Å². The zero-order valence-corrected chi connectivity index (χ0v) is 16.3. The SMILES string of the molecule is Cc1ccc(C(=O)N2CCc3c(c(COc4cnccn4)nn3C)C2)cc1C. The largest absolute Gasteiger partial charge is 0.470 e. The minimum Gasteiger partial charge on any atom is -0.470 e. The first-order valence-electron chi connectivity index (χ1n) is 9.32. The van der Waals surface area contributed by atoms with E-state index in [-0.39, 0.29) is 5.91 Å². The highest BCUT2D eigenvalue weighted by atomic mass is 16.5. The minimum absolute atomic E-state index is 0.0541. The molecule has 28 heavy (non-hydrogen) atoms. The quantitative estimate of drug-likeness (QED) is 0.699. The molecule has 2 aromatic heterocycles. The Kier molecular flexibility index (Phi) is 4.81. The lowest BCUT2D eigenvalue weighted by Gasteiger charge is -2.28. The molecular formula is C21H23N5O2. The summed E-state index contributed by atoms with van der Waals surface area (Å²) in [6, 6.07) is 5.87. The molecule has 1 aromatic carbocycles. The lowest BCUT2D eigenvalue weighted by Crippen LogP contribution is -2.36. The van der Waals surface area contributed by atoms with Crippen LogP contribution in [-0.2, 0) is 26.6 Å². The summed E-state index contributed by atoms with van der Waals surface area (Å²) in [5.41, 5.74) is 6.10. The molecule has 4 rings (SSSR count). The third kappa shape index (κ3) is 3.47. The molecule has 7 heteroatoms. The summed E-state index contributed by atoms with van der Waals surface area (Å²) in [4.78, 5) is 23.0. The molecule has 0 N–H and O–H groups in total. The van der Waals surface area contributed by atoms with Gasteiger partial charge in [-0.1, -0.05) is 6.07 Å². The number of fused-ring (bicyclic) bond motifs is 1. The smallest absolute Gasteiger partial charge is 0.254 e. The Hall–Kier alpha value is -3.22. The number of hydrogen-bond donors (Lipinski definition) is 0. The summed E-state index contributed by atoms with van der Waals surface area (Å²) in [6.07, 6.45) is 5.55. The molecule has 1 amide bonds. The van der Waals surface area contributed by atoms with Gasteiger partial charge < -0.3 is 9.64 Å². The van der Waals surface area contributed by atoms with Crippen molar-refractivity contribution < 1.29 is 9.53 Å². The Morgan fingerprint density at radius 2 is 2.07 bits per heavy atom. The lowest BCUT2D eigenvalue weighted by atomic mass is 10.0. The van der Waals surface area contributed by atoms with Gasteiger partial charge in [0.25, 0.3) is 5.91 Å². The topological polar surface area (TPSA) is 73.1 Å². The molecule has 1 aliphatic heterocycles. The van der Waals surface area contributed by atoms with Gasteiger partial charge in [0.05, 0.1) is 6.20 Å². The first-order chi connectivity index (χ1) is 13.5. The maximum atomic E-state index is 13.0. The Morgan fingerprint density at radius 3 is 2.82 bits per heavy atom. The second kappa shape index (κ2) is 7.42. The van der Waals surface area contributed by atoms with E-state index in [9.17, 15) is 4.79 Å². The standard InChI is InChI=1S/C21H23N5O2/c1-14-4-5-16(10-15(14)2)21(27)26-9-6-19-17(12-26)18(24-25(19)3)13-28-20-11-22-7-8-23-20/h4-5,7-8,10-11H,6,9,12-13H2,1-3H3. The van der Waals surface area contributed by atoms with Gasteiger partial charge in [0.15, 0.2) is 0 Å². The molecular weight excluding hydrogens is 354 g/mol. The fourth-order valence-electron chi connectivity index (χ4n) is 3.52. The van der Waals surface area contributed by atoms with Crippen molar-refractivity contribution in [2.24, 2.45) is 7.05 Å². The maximum Gasteiger partial charge on any atom is 0.254 e. The molecule has 3 aromatic rings. The molecule has 7 nitrogen and oxygen atoms in total. The fourth-order valence-corrected chi connectivity index (χ4v) is 3.52. The highest BCUT2D eigenvalue weighted by Gasteiger charge is 2.27. The average Bonchev–Trinajstić information content (AvgIpc) is 3.04. The van der Waals surface area contributed by atoms with Crippen LogP contribution in [0.4, 0.5) is 0 Å². The van der Waals surface area contributed by atoms with Crippen molar-refractivity contribution in [3.63, 3.8) is 0 Å². The van der Waals surface area contributed by atoms with Crippen LogP contribution in [0.5, 0.6) is 5.88 Å². The first kappa shape index (κ1) is 18.2. The Bertz CT molecular complexity index is 1010. The third-order valence-electron chi connectivity index (χ3n) is 5.26. The molecule has 0 bridgehead atoms. The van der Waals surface area contributed by atoms with E-state index in [1.165, 1.54) is 5.56 Å². The van der Waals surface area contributed by atoms with E-state index < -0.39 is 0 Å². The second-order valence-electron chi connectivity index (χ2n) is 7.10. The van der Waals surface area contributed by atoms with Gasteiger partial charge in [-0.3, -0.25) is 14.5 Å². The van der Waals surface area contributed by atoms with Crippen molar-refractivity contribution in [2.75, 3.05) is 6.54 Å². The van der Waals surface area contributed by atoms with Crippen LogP contribution in [0.3, 0.4) is 0 Å². The second-order valence-corrected chi connectivity index (χ2v) is 7.10. The van der Waals surface area contributed by atoms with Crippen LogP contribution in [-0.4, -0.2) is 37.1 Å². The van der Waals surface area contributed by atoms with Gasteiger partial charge in [-0.2, -0.15) is 5.10 Å². The van der Waals surface area contributed by atoms with Crippen LogP contribution in [0.15, 0.2) is 36.8 Å². The van der Waals surface area contributed by atoms with Crippen molar-refractivity contribution in [3.8, 4) is 5.88 Å². The van der Waals surface area contributed by atoms with Crippen LogP contribution >= 0.6 is 0 Å². The lowest BCUT2D eigenvalue weighted by molar-refractivity contribution is 0.0732. The van der Waals surface area contributed by atoms with Crippen LogP contribution in [0.2, 0.25) is 0 Å². The van der Waals surface area contributed by atoms with Crippen molar-refractivity contribution in [1.82, 2.24) is 24.6 Å². The number of rotatable bonds is 4. The highest BCUT2D eigenvalue weighted by molar-refractivity contribution is 5.94. The molecule has 1 aliphatic rings. The molecule has 0 saturated carbocycles. The zero-order valence-electron chi connectivity index (χ0n) is 16.3. The molecule has 144 valence electrons. The zero-order chi connectivity index (χ0) is 19.7. The Balaban J connectivity index is 1.53. The Labute approximate surface area is 164 Å². The van der Waals surface area contributed by atoms with Crippen molar-refractivity contribution in [3.05, 3.63) is 70.4 Å². The predicted octanol–water partition coefficient (Wildman–Crippen LogP) is 2.60. The average molecular weight is 377 g/mol. The molecule has 3 heterocycles. The third-order valence-corrected chi connectivity index (χ3v) is 5.26. The molecule has 0 aliphatic carbocycles. The molecule has 0 atom stereocenters. The fraction of sp³-hybridized carbons (Fsp3) is 0.333. The molecule has 0 radical (unpaired) electrons. The number of carbonyl (C=O) groups is 1. The van der Waals surface area contributed by atoms with Gasteiger partial charge in [0.1, 0.15) is 12.3 Å². The van der Waals surface area contributed by atoms with Gasteiger partial charge >= 0.3 is 0 Å². The summed E-state index contributed by atoms with van der Waals surface area (Å²) in [6.45, 7) is 5.60. The van der Waals surface area contributed by atoms with E-state index in [1.54, 1.807) is 18.6 Å². The van der Waals surface area contributed by atoms with Crippen LogP contribution < -0.4 is 4.74 Å². The van der Waals surface area contributed by atoms with Crippen molar-refractivity contribution >= 4 is 5.91 Å². The summed E-state index contributed by atoms with van der Waals surface area (Å²) in [5.74, 6) is 0.513. The minimum atomic E-state index is 0.0541. The number of nitrogens with zero attached hydrogens (tertiary/aromatic N) is 5. The number of aryl methyl sites for hydroxylation is 3. The van der Waals surface area contributed by atoms with E-state index in [2.05, 4.69) is 22.0 Å². The summed E-state index contributed by atoms with van der Waals surface area (Å²) >= 11 is 0. The Morgan fingerprint density at radius 1 is 1.21 bits per heavy atom. The maximum absolute atomic E-state index is 13.0. The van der Waals surface area contributed by atoms with E-state index in [1.807, 2.05) is 41.8 Å². The molecule has 0 saturated heterocycles. The summed E-state index contributed by atoms with van der Waals surface area (Å²) in [5, 5.41) is 4.61. The number of ether oxygens (including phenoxy) is 1. The van der Waals surface area contributed by atoms with E-state index >= 15 is 0 Å². The van der Waals surface area contributed by atoms with Gasteiger partial charge in [-0.25, -0.2) is 4.98 Å². The van der Waals surface area contributed by atoms with E-state index in [4.69, 9.17) is 4.74 Å². The van der Waals surface area contributed by atoms with Crippen LogP contribution in [0.25, 0.3) is 0 Å².